The molecule has 3 saturated heterocycles. The smallest absolute Gasteiger partial charge is 0.410 e. The van der Waals surface area contributed by atoms with Crippen molar-refractivity contribution in [1.82, 2.24) is 19.8 Å². The lowest BCUT2D eigenvalue weighted by Crippen LogP contribution is -2.61. The van der Waals surface area contributed by atoms with Crippen molar-refractivity contribution in [3.63, 3.8) is 0 Å². The first kappa shape index (κ1) is 26.1. The maximum Gasteiger partial charge on any atom is 0.410 e. The summed E-state index contributed by atoms with van der Waals surface area (Å²) < 4.78 is 17.6. The van der Waals surface area contributed by atoms with Gasteiger partial charge in [0.25, 0.3) is 0 Å². The quantitative estimate of drug-likeness (QED) is 0.619. The zero-order chi connectivity index (χ0) is 27.3. The van der Waals surface area contributed by atoms with Gasteiger partial charge in [0.1, 0.15) is 17.5 Å². The topological polar surface area (TPSA) is 92.3 Å². The molecule has 2 aromatic heterocycles. The number of anilines is 3. The minimum absolute atomic E-state index is 0.167. The van der Waals surface area contributed by atoms with E-state index in [-0.39, 0.29) is 12.2 Å². The monoisotopic (exact) mass is 536 g/mol. The Morgan fingerprint density at radius 1 is 1.15 bits per heavy atom. The molecular weight excluding hydrogens is 496 g/mol. The van der Waals surface area contributed by atoms with E-state index in [1.807, 2.05) is 33.9 Å². The fraction of sp³-hybridized carbons (Fsp3) is 0.621. The van der Waals surface area contributed by atoms with Crippen LogP contribution in [0.2, 0.25) is 0 Å². The Hall–Kier alpha value is -3.11. The van der Waals surface area contributed by atoms with E-state index >= 15 is 0 Å². The Kier molecular flexibility index (Phi) is 6.79. The standard InChI is InChI=1S/C29H40N6O4/c1-18-26-23(32-27-25(19(2)38-26)24(6-8-30-27)33-10-12-37-13-11-33)14-22(31-18)20-7-9-34(15-20)21-16-35(17-21)28(36)39-29(3,4)5/h6,8,14,19-21H,7,9-13,15-17H2,1-5H3,(H,30,32)/t19-,20+/m1/s1. The fourth-order valence-corrected chi connectivity index (χ4v) is 6.06. The summed E-state index contributed by atoms with van der Waals surface area (Å²) in [5.41, 5.74) is 4.64. The van der Waals surface area contributed by atoms with Crippen molar-refractivity contribution in [2.45, 2.75) is 64.7 Å². The largest absolute Gasteiger partial charge is 0.482 e. The normalized spacial score (nSPS) is 23.7. The number of rotatable bonds is 3. The molecule has 0 aliphatic carbocycles. The number of carbonyl (C=O) groups excluding carboxylic acids is 1. The predicted octanol–water partition coefficient (Wildman–Crippen LogP) is 4.23. The van der Waals surface area contributed by atoms with Gasteiger partial charge in [-0.3, -0.25) is 9.88 Å². The molecule has 6 rings (SSSR count). The second kappa shape index (κ2) is 10.1. The van der Waals surface area contributed by atoms with Gasteiger partial charge in [0.2, 0.25) is 0 Å². The van der Waals surface area contributed by atoms with Crippen LogP contribution in [0, 0.1) is 6.92 Å². The van der Waals surface area contributed by atoms with Crippen molar-refractivity contribution < 1.29 is 19.0 Å². The van der Waals surface area contributed by atoms with Crippen LogP contribution in [-0.4, -0.2) is 90.0 Å². The van der Waals surface area contributed by atoms with E-state index in [0.29, 0.717) is 12.0 Å². The van der Waals surface area contributed by atoms with E-state index < -0.39 is 5.60 Å². The third-order valence-corrected chi connectivity index (χ3v) is 8.10. The first-order valence-corrected chi connectivity index (χ1v) is 14.1. The van der Waals surface area contributed by atoms with Gasteiger partial charge in [-0.1, -0.05) is 0 Å². The molecule has 6 heterocycles. The lowest BCUT2D eigenvalue weighted by Gasteiger charge is -2.44. The maximum atomic E-state index is 12.4. The van der Waals surface area contributed by atoms with Gasteiger partial charge in [0.05, 0.1) is 30.2 Å². The van der Waals surface area contributed by atoms with E-state index in [9.17, 15) is 4.79 Å². The highest BCUT2D eigenvalue weighted by Crippen LogP contribution is 2.44. The van der Waals surface area contributed by atoms with Gasteiger partial charge < -0.3 is 29.3 Å². The van der Waals surface area contributed by atoms with Crippen LogP contribution < -0.4 is 15.0 Å². The lowest BCUT2D eigenvalue weighted by atomic mass is 10.0. The third kappa shape index (κ3) is 5.24. The molecule has 0 spiro atoms. The van der Waals surface area contributed by atoms with E-state index in [1.54, 1.807) is 4.90 Å². The van der Waals surface area contributed by atoms with Crippen LogP contribution in [0.25, 0.3) is 0 Å². The van der Waals surface area contributed by atoms with Gasteiger partial charge in [0, 0.05) is 62.3 Å². The van der Waals surface area contributed by atoms with E-state index in [0.717, 1.165) is 98.8 Å². The number of morpholine rings is 1. The van der Waals surface area contributed by atoms with Gasteiger partial charge >= 0.3 is 6.09 Å². The van der Waals surface area contributed by atoms with Crippen molar-refractivity contribution in [2.24, 2.45) is 0 Å². The number of ether oxygens (including phenoxy) is 3. The molecule has 210 valence electrons. The number of carbonyl (C=O) groups is 1. The molecule has 2 atom stereocenters. The highest BCUT2D eigenvalue weighted by Gasteiger charge is 2.40. The minimum Gasteiger partial charge on any atom is -0.482 e. The number of fused-ring (bicyclic) bond motifs is 2. The van der Waals surface area contributed by atoms with Crippen molar-refractivity contribution >= 4 is 23.3 Å². The van der Waals surface area contributed by atoms with Crippen LogP contribution >= 0.6 is 0 Å². The molecule has 0 radical (unpaired) electrons. The Bertz CT molecular complexity index is 1240. The summed E-state index contributed by atoms with van der Waals surface area (Å²) in [5, 5.41) is 3.61. The van der Waals surface area contributed by atoms with Crippen molar-refractivity contribution in [3.05, 3.63) is 35.3 Å². The van der Waals surface area contributed by atoms with Gasteiger partial charge in [-0.05, 0) is 59.7 Å². The van der Waals surface area contributed by atoms with Crippen molar-refractivity contribution in [2.75, 3.05) is 62.7 Å². The van der Waals surface area contributed by atoms with E-state index in [2.05, 4.69) is 34.2 Å². The second-order valence-corrected chi connectivity index (χ2v) is 12.1. The van der Waals surface area contributed by atoms with Crippen LogP contribution in [-0.2, 0) is 9.47 Å². The highest BCUT2D eigenvalue weighted by atomic mass is 16.6. The van der Waals surface area contributed by atoms with Crippen molar-refractivity contribution in [1.29, 1.82) is 0 Å². The molecule has 2 aromatic rings. The zero-order valence-corrected chi connectivity index (χ0v) is 23.7. The van der Waals surface area contributed by atoms with Crippen LogP contribution in [0.1, 0.15) is 63.1 Å². The molecule has 4 aliphatic rings. The Morgan fingerprint density at radius 2 is 1.92 bits per heavy atom. The SMILES string of the molecule is Cc1nc([C@H]2CCN(C3CN(C(=O)OC(C)(C)C)C3)C2)cc2c1O[C@H](C)c1c(N3CCOCC3)ccnc1N2. The number of aryl methyl sites for hydroxylation is 1. The van der Waals surface area contributed by atoms with Gasteiger partial charge in [-0.2, -0.15) is 0 Å². The van der Waals surface area contributed by atoms with E-state index in [1.165, 1.54) is 0 Å². The number of amides is 1. The number of hydrogen-bond donors (Lipinski definition) is 1. The summed E-state index contributed by atoms with van der Waals surface area (Å²) >= 11 is 0. The molecule has 0 unspecified atom stereocenters. The van der Waals surface area contributed by atoms with Gasteiger partial charge in [-0.25, -0.2) is 9.78 Å². The van der Waals surface area contributed by atoms with Crippen LogP contribution in [0.4, 0.5) is 22.0 Å². The lowest BCUT2D eigenvalue weighted by molar-refractivity contribution is -0.0114. The Morgan fingerprint density at radius 3 is 2.67 bits per heavy atom. The number of pyridine rings is 2. The molecule has 39 heavy (non-hydrogen) atoms. The Balaban J connectivity index is 1.17. The van der Waals surface area contributed by atoms with E-state index in [4.69, 9.17) is 24.2 Å². The molecule has 10 heteroatoms. The first-order valence-electron chi connectivity index (χ1n) is 14.1. The van der Waals surface area contributed by atoms with Gasteiger partial charge in [-0.15, -0.1) is 0 Å². The van der Waals surface area contributed by atoms with Gasteiger partial charge in [0.15, 0.2) is 5.75 Å². The Labute approximate surface area is 230 Å². The fourth-order valence-electron chi connectivity index (χ4n) is 6.06. The predicted molar refractivity (Wildman–Crippen MR) is 149 cm³/mol. The summed E-state index contributed by atoms with van der Waals surface area (Å²) in [5.74, 6) is 1.96. The number of nitrogens with one attached hydrogen (secondary N) is 1. The third-order valence-electron chi connectivity index (χ3n) is 8.10. The molecule has 0 bridgehead atoms. The molecule has 1 N–H and O–H groups in total. The number of hydrogen-bond acceptors (Lipinski definition) is 9. The number of aromatic nitrogens is 2. The molecule has 0 aromatic carbocycles. The molecule has 0 saturated carbocycles. The first-order chi connectivity index (χ1) is 18.7. The number of likely N-dealkylation sites (tertiary alicyclic amines) is 2. The zero-order valence-electron chi connectivity index (χ0n) is 23.7. The summed E-state index contributed by atoms with van der Waals surface area (Å²) in [4.78, 5) is 28.7. The summed E-state index contributed by atoms with van der Waals surface area (Å²) in [7, 11) is 0. The average Bonchev–Trinajstić information content (AvgIpc) is 3.28. The van der Waals surface area contributed by atoms with Crippen LogP contribution in [0.3, 0.4) is 0 Å². The maximum absolute atomic E-state index is 12.4. The number of nitrogens with zero attached hydrogens (tertiary/aromatic N) is 5. The highest BCUT2D eigenvalue weighted by molar-refractivity contribution is 5.74. The molecule has 1 amide bonds. The molecular formula is C29H40N6O4. The molecule has 4 aliphatic heterocycles. The average molecular weight is 537 g/mol. The van der Waals surface area contributed by atoms with Crippen LogP contribution in [0.15, 0.2) is 18.3 Å². The summed E-state index contributed by atoms with van der Waals surface area (Å²) in [6.07, 6.45) is 2.53. The van der Waals surface area contributed by atoms with Crippen molar-refractivity contribution in [3.8, 4) is 5.75 Å². The molecule has 10 nitrogen and oxygen atoms in total. The second-order valence-electron chi connectivity index (χ2n) is 12.1. The molecule has 3 fully saturated rings. The minimum atomic E-state index is -0.467. The summed E-state index contributed by atoms with van der Waals surface area (Å²) in [6, 6.07) is 4.60. The van der Waals surface area contributed by atoms with Crippen LogP contribution in [0.5, 0.6) is 5.75 Å². The summed E-state index contributed by atoms with van der Waals surface area (Å²) in [6.45, 7) is 16.4.